The summed E-state index contributed by atoms with van der Waals surface area (Å²) in [6.07, 6.45) is -0.171. The molecule has 0 radical (unpaired) electrons. The largest absolute Gasteiger partial charge is 0.481 e. The van der Waals surface area contributed by atoms with Crippen molar-refractivity contribution in [2.45, 2.75) is 25.8 Å². The van der Waals surface area contributed by atoms with Crippen LogP contribution >= 0.6 is 22.9 Å². The number of aromatic nitrogens is 1. The molecule has 0 aliphatic carbocycles. The van der Waals surface area contributed by atoms with Crippen LogP contribution in [0.15, 0.2) is 18.2 Å². The van der Waals surface area contributed by atoms with Gasteiger partial charge in [0.1, 0.15) is 0 Å². The van der Waals surface area contributed by atoms with Crippen molar-refractivity contribution in [3.8, 4) is 0 Å². The SMILES string of the molecule is CC(C)(CC(=O)O)NC(=O)Nc1nc2ccc(Cl)cc2s1. The third kappa shape index (κ3) is 4.30. The van der Waals surface area contributed by atoms with Gasteiger partial charge in [0.05, 0.1) is 16.6 Å². The second-order valence-electron chi connectivity index (χ2n) is 5.16. The van der Waals surface area contributed by atoms with Crippen LogP contribution < -0.4 is 10.6 Å². The Hall–Kier alpha value is -1.86. The Morgan fingerprint density at radius 3 is 2.81 bits per heavy atom. The number of aliphatic carboxylic acids is 1. The first-order chi connectivity index (χ1) is 9.75. The van der Waals surface area contributed by atoms with Gasteiger partial charge in [0.15, 0.2) is 5.13 Å². The maximum absolute atomic E-state index is 11.9. The molecule has 2 rings (SSSR count). The van der Waals surface area contributed by atoms with Crippen LogP contribution in [0, 0.1) is 0 Å². The molecule has 2 aromatic rings. The highest BCUT2D eigenvalue weighted by Gasteiger charge is 2.24. The van der Waals surface area contributed by atoms with Crippen molar-refractivity contribution >= 4 is 50.3 Å². The zero-order valence-electron chi connectivity index (χ0n) is 11.4. The summed E-state index contributed by atoms with van der Waals surface area (Å²) in [5.41, 5.74) is -0.111. The molecular weight excluding hydrogens is 314 g/mol. The monoisotopic (exact) mass is 327 g/mol. The Morgan fingerprint density at radius 1 is 1.43 bits per heavy atom. The average Bonchev–Trinajstić information content (AvgIpc) is 2.66. The topological polar surface area (TPSA) is 91.3 Å². The molecule has 0 aliphatic heterocycles. The molecule has 0 unspecified atom stereocenters. The molecule has 0 fully saturated rings. The fourth-order valence-corrected chi connectivity index (χ4v) is 2.95. The minimum absolute atomic E-state index is 0.171. The molecule has 8 heteroatoms. The molecule has 0 spiro atoms. The lowest BCUT2D eigenvalue weighted by atomic mass is 10.0. The van der Waals surface area contributed by atoms with Gasteiger partial charge in [0, 0.05) is 10.6 Å². The highest BCUT2D eigenvalue weighted by atomic mass is 35.5. The van der Waals surface area contributed by atoms with Crippen LogP contribution in [-0.2, 0) is 4.79 Å². The third-order valence-electron chi connectivity index (χ3n) is 2.62. The zero-order chi connectivity index (χ0) is 15.6. The number of hydrogen-bond acceptors (Lipinski definition) is 4. The molecule has 3 N–H and O–H groups in total. The number of carbonyl (C=O) groups excluding carboxylic acids is 1. The molecule has 1 aromatic heterocycles. The number of rotatable bonds is 4. The molecule has 21 heavy (non-hydrogen) atoms. The number of urea groups is 1. The van der Waals surface area contributed by atoms with E-state index in [9.17, 15) is 9.59 Å². The van der Waals surface area contributed by atoms with Crippen LogP contribution in [0.4, 0.5) is 9.93 Å². The molecule has 0 saturated heterocycles. The lowest BCUT2D eigenvalue weighted by molar-refractivity contribution is -0.138. The van der Waals surface area contributed by atoms with E-state index in [0.717, 1.165) is 10.2 Å². The summed E-state index contributed by atoms with van der Waals surface area (Å²) in [5, 5.41) is 15.0. The van der Waals surface area contributed by atoms with E-state index in [0.29, 0.717) is 10.2 Å². The minimum Gasteiger partial charge on any atom is -0.481 e. The van der Waals surface area contributed by atoms with E-state index in [1.165, 1.54) is 11.3 Å². The number of benzene rings is 1. The van der Waals surface area contributed by atoms with E-state index in [4.69, 9.17) is 16.7 Å². The molecule has 0 aliphatic rings. The minimum atomic E-state index is -0.977. The van der Waals surface area contributed by atoms with Crippen LogP contribution in [-0.4, -0.2) is 27.6 Å². The number of halogens is 1. The number of hydrogen-bond donors (Lipinski definition) is 3. The summed E-state index contributed by atoms with van der Waals surface area (Å²) < 4.78 is 0.864. The van der Waals surface area contributed by atoms with Crippen molar-refractivity contribution in [1.29, 1.82) is 0 Å². The van der Waals surface area contributed by atoms with Crippen molar-refractivity contribution < 1.29 is 14.7 Å². The molecular formula is C13H14ClN3O3S. The van der Waals surface area contributed by atoms with Crippen molar-refractivity contribution in [2.75, 3.05) is 5.32 Å². The van der Waals surface area contributed by atoms with Gasteiger partial charge in [-0.2, -0.15) is 0 Å². The van der Waals surface area contributed by atoms with Crippen LogP contribution in [0.1, 0.15) is 20.3 Å². The second kappa shape index (κ2) is 5.87. The third-order valence-corrected chi connectivity index (χ3v) is 3.78. The van der Waals surface area contributed by atoms with E-state index in [-0.39, 0.29) is 6.42 Å². The highest BCUT2D eigenvalue weighted by molar-refractivity contribution is 7.22. The van der Waals surface area contributed by atoms with Crippen molar-refractivity contribution in [2.24, 2.45) is 0 Å². The molecule has 0 atom stereocenters. The van der Waals surface area contributed by atoms with E-state index in [1.54, 1.807) is 32.0 Å². The summed E-state index contributed by atoms with van der Waals surface area (Å²) in [6, 6.07) is 4.77. The number of nitrogens with zero attached hydrogens (tertiary/aromatic N) is 1. The predicted molar refractivity (Wildman–Crippen MR) is 83.1 cm³/mol. The number of nitrogens with one attached hydrogen (secondary N) is 2. The van der Waals surface area contributed by atoms with Gasteiger partial charge in [-0.15, -0.1) is 0 Å². The summed E-state index contributed by atoms with van der Waals surface area (Å²) >= 11 is 7.19. The van der Waals surface area contributed by atoms with Crippen molar-refractivity contribution in [1.82, 2.24) is 10.3 Å². The Labute approximate surface area is 130 Å². The standard InChI is InChI=1S/C13H14ClN3O3S/c1-13(2,6-10(18)19)17-11(20)16-12-15-8-4-3-7(14)5-9(8)21-12/h3-5H,6H2,1-2H3,(H,18,19)(H2,15,16,17,20). The number of carboxylic acid groups (broad SMARTS) is 1. The molecule has 0 bridgehead atoms. The number of carbonyl (C=O) groups is 2. The summed E-state index contributed by atoms with van der Waals surface area (Å²) in [6.45, 7) is 3.28. The smallest absolute Gasteiger partial charge is 0.321 e. The van der Waals surface area contributed by atoms with Gasteiger partial charge in [0.25, 0.3) is 0 Å². The molecule has 1 heterocycles. The fraction of sp³-hybridized carbons (Fsp3) is 0.308. The van der Waals surface area contributed by atoms with Gasteiger partial charge < -0.3 is 10.4 Å². The van der Waals surface area contributed by atoms with E-state index in [2.05, 4.69) is 15.6 Å². The van der Waals surface area contributed by atoms with Crippen LogP contribution in [0.3, 0.4) is 0 Å². The van der Waals surface area contributed by atoms with Gasteiger partial charge >= 0.3 is 12.0 Å². The molecule has 0 saturated carbocycles. The number of amides is 2. The predicted octanol–water partition coefficient (Wildman–Crippen LogP) is 3.32. The van der Waals surface area contributed by atoms with E-state index >= 15 is 0 Å². The maximum Gasteiger partial charge on any atom is 0.321 e. The number of anilines is 1. The second-order valence-corrected chi connectivity index (χ2v) is 6.63. The van der Waals surface area contributed by atoms with E-state index < -0.39 is 17.5 Å². The van der Waals surface area contributed by atoms with Crippen molar-refractivity contribution in [3.63, 3.8) is 0 Å². The van der Waals surface area contributed by atoms with E-state index in [1.807, 2.05) is 0 Å². The van der Waals surface area contributed by atoms with Gasteiger partial charge in [-0.3, -0.25) is 10.1 Å². The zero-order valence-corrected chi connectivity index (χ0v) is 13.0. The van der Waals surface area contributed by atoms with Gasteiger partial charge in [-0.05, 0) is 32.0 Å². The average molecular weight is 328 g/mol. The molecule has 2 amide bonds. The van der Waals surface area contributed by atoms with Crippen LogP contribution in [0.5, 0.6) is 0 Å². The van der Waals surface area contributed by atoms with Crippen molar-refractivity contribution in [3.05, 3.63) is 23.2 Å². The van der Waals surface area contributed by atoms with Gasteiger partial charge in [-0.1, -0.05) is 22.9 Å². The highest BCUT2D eigenvalue weighted by Crippen LogP contribution is 2.28. The quantitative estimate of drug-likeness (QED) is 0.803. The Balaban J connectivity index is 2.06. The first-order valence-electron chi connectivity index (χ1n) is 6.12. The normalized spacial score (nSPS) is 11.4. The Morgan fingerprint density at radius 2 is 2.14 bits per heavy atom. The van der Waals surface area contributed by atoms with Gasteiger partial charge in [0.2, 0.25) is 0 Å². The number of fused-ring (bicyclic) bond motifs is 1. The lowest BCUT2D eigenvalue weighted by Crippen LogP contribution is -2.46. The van der Waals surface area contributed by atoms with Gasteiger partial charge in [-0.25, -0.2) is 9.78 Å². The van der Waals surface area contributed by atoms with Crippen LogP contribution in [0.25, 0.3) is 10.2 Å². The van der Waals surface area contributed by atoms with Crippen LogP contribution in [0.2, 0.25) is 5.02 Å². The fourth-order valence-electron chi connectivity index (χ4n) is 1.81. The molecule has 112 valence electrons. The number of thiazole rings is 1. The number of carboxylic acids is 1. The summed E-state index contributed by atoms with van der Waals surface area (Å²) in [7, 11) is 0. The Kier molecular flexibility index (Phi) is 4.34. The molecule has 6 nitrogen and oxygen atoms in total. The summed E-state index contributed by atoms with van der Waals surface area (Å²) in [5.74, 6) is -0.977. The first-order valence-corrected chi connectivity index (χ1v) is 7.32. The maximum atomic E-state index is 11.9. The lowest BCUT2D eigenvalue weighted by Gasteiger charge is -2.23. The first kappa shape index (κ1) is 15.5. The molecule has 1 aromatic carbocycles. The summed E-state index contributed by atoms with van der Waals surface area (Å²) in [4.78, 5) is 26.8. The Bertz CT molecular complexity index is 699.